The second-order valence-corrected chi connectivity index (χ2v) is 9.45. The predicted molar refractivity (Wildman–Crippen MR) is 110 cm³/mol. The number of fused-ring (bicyclic) bond motifs is 1. The van der Waals surface area contributed by atoms with E-state index in [1.165, 1.54) is 6.07 Å². The van der Waals surface area contributed by atoms with E-state index in [0.717, 1.165) is 22.1 Å². The normalized spacial score (nSPS) is 13.4. The molecule has 0 saturated carbocycles. The van der Waals surface area contributed by atoms with E-state index in [9.17, 15) is 8.94 Å². The topological polar surface area (TPSA) is 61.2 Å². The van der Waals surface area contributed by atoms with Crippen LogP contribution in [0.15, 0.2) is 41.1 Å². The largest absolute Gasteiger partial charge is 0.591 e. The smallest absolute Gasteiger partial charge is 0.144 e. The number of halogens is 1. The van der Waals surface area contributed by atoms with Crippen LogP contribution in [0, 0.1) is 19.7 Å². The highest BCUT2D eigenvalue weighted by Crippen LogP contribution is 2.28. The summed E-state index contributed by atoms with van der Waals surface area (Å²) in [5.41, 5.74) is 4.26. The number of pyridine rings is 2. The zero-order valence-corrected chi connectivity index (χ0v) is 16.9. The Hall–Kier alpha value is -2.31. The maximum atomic E-state index is 14.0. The zero-order valence-electron chi connectivity index (χ0n) is 16.1. The molecule has 4 nitrogen and oxygen atoms in total. The van der Waals surface area contributed by atoms with Crippen LogP contribution < -0.4 is 0 Å². The molecule has 2 heterocycles. The Bertz CT molecular complexity index is 1030. The molecule has 0 aliphatic rings. The van der Waals surface area contributed by atoms with Crippen LogP contribution in [0.5, 0.6) is 0 Å². The number of rotatable bonds is 3. The van der Waals surface area contributed by atoms with Crippen molar-refractivity contribution in [3.63, 3.8) is 0 Å². The van der Waals surface area contributed by atoms with Crippen LogP contribution in [0.4, 0.5) is 4.39 Å². The third-order valence-electron chi connectivity index (χ3n) is 4.16. The van der Waals surface area contributed by atoms with Gasteiger partial charge in [0.25, 0.3) is 0 Å². The molecule has 0 N–H and O–H groups in total. The fraction of sp³-hybridized carbons (Fsp3) is 0.286. The van der Waals surface area contributed by atoms with Crippen molar-refractivity contribution in [2.24, 2.45) is 4.40 Å². The van der Waals surface area contributed by atoms with Crippen molar-refractivity contribution >= 4 is 28.5 Å². The summed E-state index contributed by atoms with van der Waals surface area (Å²) in [6, 6.07) is 6.99. The van der Waals surface area contributed by atoms with Crippen LogP contribution in [0.2, 0.25) is 0 Å². The van der Waals surface area contributed by atoms with Gasteiger partial charge in [-0.05, 0) is 64.4 Å². The Morgan fingerprint density at radius 2 is 1.89 bits per heavy atom. The van der Waals surface area contributed by atoms with Crippen molar-refractivity contribution in [2.75, 3.05) is 0 Å². The quantitative estimate of drug-likeness (QED) is 0.476. The fourth-order valence-electron chi connectivity index (χ4n) is 2.65. The van der Waals surface area contributed by atoms with Crippen LogP contribution in [0.3, 0.4) is 0 Å². The molecular formula is C21H22FN3OS. The number of hydrogen-bond acceptors (Lipinski definition) is 4. The van der Waals surface area contributed by atoms with E-state index in [2.05, 4.69) is 9.38 Å². The minimum atomic E-state index is -1.38. The van der Waals surface area contributed by atoms with Crippen LogP contribution in [-0.2, 0) is 11.4 Å². The third-order valence-corrected chi connectivity index (χ3v) is 5.51. The molecule has 1 aromatic carbocycles. The van der Waals surface area contributed by atoms with Crippen molar-refractivity contribution in [1.29, 1.82) is 0 Å². The van der Waals surface area contributed by atoms with Crippen molar-refractivity contribution in [1.82, 2.24) is 9.97 Å². The first-order chi connectivity index (χ1) is 12.7. The van der Waals surface area contributed by atoms with Gasteiger partial charge in [-0.1, -0.05) is 4.40 Å². The average molecular weight is 383 g/mol. The van der Waals surface area contributed by atoms with Gasteiger partial charge >= 0.3 is 0 Å². The van der Waals surface area contributed by atoms with Gasteiger partial charge in [-0.15, -0.1) is 0 Å². The Morgan fingerprint density at radius 1 is 1.15 bits per heavy atom. The molecule has 0 bridgehead atoms. The summed E-state index contributed by atoms with van der Waals surface area (Å²) < 4.78 is 30.1. The van der Waals surface area contributed by atoms with Gasteiger partial charge in [0.15, 0.2) is 0 Å². The molecule has 0 saturated heterocycles. The average Bonchev–Trinajstić information content (AvgIpc) is 2.61. The van der Waals surface area contributed by atoms with Crippen molar-refractivity contribution < 1.29 is 8.94 Å². The van der Waals surface area contributed by atoms with Gasteiger partial charge in [0.1, 0.15) is 21.9 Å². The molecule has 27 heavy (non-hydrogen) atoms. The molecule has 0 radical (unpaired) electrons. The summed E-state index contributed by atoms with van der Waals surface area (Å²) in [7, 11) is 0. The molecule has 2 aromatic heterocycles. The minimum Gasteiger partial charge on any atom is -0.591 e. The third kappa shape index (κ3) is 4.17. The van der Waals surface area contributed by atoms with Crippen molar-refractivity contribution in [3.8, 4) is 11.3 Å². The molecule has 0 aliphatic carbocycles. The number of nitrogens with zero attached hydrogens (tertiary/aromatic N) is 3. The molecule has 3 aromatic rings. The number of aryl methyl sites for hydroxylation is 2. The molecule has 0 spiro atoms. The lowest BCUT2D eigenvalue weighted by Gasteiger charge is -2.18. The van der Waals surface area contributed by atoms with Gasteiger partial charge < -0.3 is 4.55 Å². The van der Waals surface area contributed by atoms with Crippen molar-refractivity contribution in [3.05, 3.63) is 59.2 Å². The Labute approximate surface area is 161 Å². The Morgan fingerprint density at radius 3 is 2.56 bits per heavy atom. The zero-order chi connectivity index (χ0) is 19.8. The lowest BCUT2D eigenvalue weighted by atomic mass is 10.0. The predicted octanol–water partition coefficient (Wildman–Crippen LogP) is 4.93. The highest BCUT2D eigenvalue weighted by molar-refractivity contribution is 7.91. The van der Waals surface area contributed by atoms with E-state index < -0.39 is 16.1 Å². The van der Waals surface area contributed by atoms with Crippen LogP contribution >= 0.6 is 0 Å². The van der Waals surface area contributed by atoms with Gasteiger partial charge in [0.05, 0.1) is 17.4 Å². The summed E-state index contributed by atoms with van der Waals surface area (Å²) in [5.74, 6) is -0.293. The van der Waals surface area contributed by atoms with Gasteiger partial charge in [-0.25, -0.2) is 9.37 Å². The van der Waals surface area contributed by atoms with Gasteiger partial charge in [-0.2, -0.15) is 0 Å². The maximum absolute atomic E-state index is 14.0. The lowest BCUT2D eigenvalue weighted by Crippen LogP contribution is -2.25. The molecule has 140 valence electrons. The van der Waals surface area contributed by atoms with Crippen LogP contribution in [0.1, 0.15) is 37.5 Å². The lowest BCUT2D eigenvalue weighted by molar-refractivity contribution is 0.562. The second kappa shape index (κ2) is 7.37. The molecular weight excluding hydrogens is 361 g/mol. The monoisotopic (exact) mass is 383 g/mol. The van der Waals surface area contributed by atoms with Gasteiger partial charge in [-0.3, -0.25) is 4.98 Å². The minimum absolute atomic E-state index is 0.293. The number of benzene rings is 1. The fourth-order valence-corrected chi connectivity index (χ4v) is 3.18. The summed E-state index contributed by atoms with van der Waals surface area (Å²) in [6.45, 7) is 9.28. The van der Waals surface area contributed by atoms with Gasteiger partial charge in [0, 0.05) is 34.5 Å². The standard InChI is InChI=1S/C21H22FN3OS/c1-13-8-16(11-23-10-13)20-17(12-24-27(26)21(3,4)5)9-15-6-7-18(22)14(2)19(15)25-20/h6-12H,1-5H3. The van der Waals surface area contributed by atoms with Crippen molar-refractivity contribution in [2.45, 2.75) is 39.4 Å². The van der Waals surface area contributed by atoms with E-state index >= 15 is 0 Å². The van der Waals surface area contributed by atoms with E-state index in [1.807, 2.05) is 39.8 Å². The molecule has 3 rings (SSSR count). The molecule has 6 heteroatoms. The summed E-state index contributed by atoms with van der Waals surface area (Å²) >= 11 is -1.38. The maximum Gasteiger partial charge on any atom is 0.144 e. The molecule has 1 atom stereocenters. The second-order valence-electron chi connectivity index (χ2n) is 7.52. The van der Waals surface area contributed by atoms with Crippen LogP contribution in [-0.4, -0.2) is 25.5 Å². The Balaban J connectivity index is 2.22. The summed E-state index contributed by atoms with van der Waals surface area (Å²) in [6.07, 6.45) is 5.07. The Kier molecular flexibility index (Phi) is 5.31. The van der Waals surface area contributed by atoms with Crippen LogP contribution in [0.25, 0.3) is 22.2 Å². The first-order valence-corrected chi connectivity index (χ1v) is 9.75. The summed E-state index contributed by atoms with van der Waals surface area (Å²) in [5, 5.41) is 0.807. The highest BCUT2D eigenvalue weighted by atomic mass is 32.2. The molecule has 0 aliphatic heterocycles. The van der Waals surface area contributed by atoms with E-state index in [-0.39, 0.29) is 5.82 Å². The van der Waals surface area contributed by atoms with E-state index in [1.54, 1.807) is 31.6 Å². The highest BCUT2D eigenvalue weighted by Gasteiger charge is 2.26. The first-order valence-electron chi connectivity index (χ1n) is 8.65. The SMILES string of the molecule is Cc1cncc(-c2nc3c(C)c(F)ccc3cc2C=N[S+]([O-])C(C)(C)C)c1. The van der Waals surface area contributed by atoms with E-state index in [0.29, 0.717) is 16.8 Å². The van der Waals surface area contributed by atoms with Gasteiger partial charge in [0.2, 0.25) is 0 Å². The number of hydrogen-bond donors (Lipinski definition) is 0. The molecule has 0 fully saturated rings. The number of aromatic nitrogens is 2. The first kappa shape index (κ1) is 19.5. The molecule has 1 unspecified atom stereocenters. The van der Waals surface area contributed by atoms with E-state index in [4.69, 9.17) is 4.98 Å². The molecule has 0 amide bonds. The summed E-state index contributed by atoms with van der Waals surface area (Å²) in [4.78, 5) is 8.95.